The first-order chi connectivity index (χ1) is 19.2. The van der Waals surface area contributed by atoms with Gasteiger partial charge in [0, 0.05) is 33.3 Å². The van der Waals surface area contributed by atoms with Crippen LogP contribution in [0.25, 0.3) is 0 Å². The highest BCUT2D eigenvalue weighted by atomic mass is 35.5. The van der Waals surface area contributed by atoms with E-state index in [9.17, 15) is 13.2 Å². The van der Waals surface area contributed by atoms with Gasteiger partial charge in [0.2, 0.25) is 15.9 Å². The maximum absolute atomic E-state index is 13.9. The molecule has 8 nitrogen and oxygen atoms in total. The summed E-state index contributed by atoms with van der Waals surface area (Å²) in [5.41, 5.74) is 2.27. The SMILES string of the molecule is COc1cc(CC(=O)N(C)C(CN2CCCC2)c2ccccc2)c(S(=O)(=O)N(C)Cc2ccccc2)cc1OC.Cl. The van der Waals surface area contributed by atoms with E-state index >= 15 is 0 Å². The maximum Gasteiger partial charge on any atom is 0.243 e. The molecule has 0 N–H and O–H groups in total. The van der Waals surface area contributed by atoms with Gasteiger partial charge in [-0.15, -0.1) is 12.4 Å². The number of ether oxygens (including phenoxy) is 2. The van der Waals surface area contributed by atoms with Crippen molar-refractivity contribution in [3.63, 3.8) is 0 Å². The van der Waals surface area contributed by atoms with Gasteiger partial charge >= 0.3 is 0 Å². The van der Waals surface area contributed by atoms with Crippen molar-refractivity contribution in [3.05, 3.63) is 89.5 Å². The van der Waals surface area contributed by atoms with Crippen LogP contribution < -0.4 is 9.47 Å². The van der Waals surface area contributed by atoms with Gasteiger partial charge in [-0.2, -0.15) is 4.31 Å². The summed E-state index contributed by atoms with van der Waals surface area (Å²) in [5.74, 6) is 0.478. The van der Waals surface area contributed by atoms with E-state index in [0.717, 1.165) is 43.6 Å². The Morgan fingerprint density at radius 1 is 0.902 bits per heavy atom. The Morgan fingerprint density at radius 2 is 1.46 bits per heavy atom. The summed E-state index contributed by atoms with van der Waals surface area (Å²) in [4.78, 5) is 18.0. The Bertz CT molecular complexity index is 1380. The number of halogens is 1. The van der Waals surface area contributed by atoms with Gasteiger partial charge < -0.3 is 19.3 Å². The molecule has 222 valence electrons. The molecule has 41 heavy (non-hydrogen) atoms. The zero-order valence-electron chi connectivity index (χ0n) is 24.2. The van der Waals surface area contributed by atoms with Crippen LogP contribution in [0.4, 0.5) is 0 Å². The highest BCUT2D eigenvalue weighted by molar-refractivity contribution is 7.89. The van der Waals surface area contributed by atoms with Crippen LogP contribution >= 0.6 is 12.4 Å². The van der Waals surface area contributed by atoms with Gasteiger partial charge in [-0.25, -0.2) is 8.42 Å². The van der Waals surface area contributed by atoms with Crippen LogP contribution in [-0.2, 0) is 27.8 Å². The predicted molar refractivity (Wildman–Crippen MR) is 163 cm³/mol. The molecule has 1 fully saturated rings. The van der Waals surface area contributed by atoms with Crippen LogP contribution in [0.15, 0.2) is 77.7 Å². The summed E-state index contributed by atoms with van der Waals surface area (Å²) in [6.07, 6.45) is 2.21. The number of likely N-dealkylation sites (N-methyl/N-ethyl adjacent to an activating group) is 1. The quantitative estimate of drug-likeness (QED) is 0.297. The monoisotopic (exact) mass is 601 g/mol. The average Bonchev–Trinajstić information content (AvgIpc) is 3.49. The lowest BCUT2D eigenvalue weighted by Crippen LogP contribution is -2.39. The smallest absolute Gasteiger partial charge is 0.243 e. The molecular formula is C31H40ClN3O5S. The third-order valence-corrected chi connectivity index (χ3v) is 9.41. The van der Waals surface area contributed by atoms with Crippen LogP contribution in [0.2, 0.25) is 0 Å². The van der Waals surface area contributed by atoms with Crippen molar-refractivity contribution < 1.29 is 22.7 Å². The van der Waals surface area contributed by atoms with Crippen LogP contribution in [0.3, 0.4) is 0 Å². The molecule has 0 radical (unpaired) electrons. The second kappa shape index (κ2) is 14.7. The number of hydrogen-bond acceptors (Lipinski definition) is 6. The van der Waals surface area contributed by atoms with Crippen molar-refractivity contribution in [2.75, 3.05) is 47.9 Å². The van der Waals surface area contributed by atoms with Crippen molar-refractivity contribution in [2.45, 2.75) is 36.7 Å². The maximum atomic E-state index is 13.9. The lowest BCUT2D eigenvalue weighted by Gasteiger charge is -2.32. The molecule has 10 heteroatoms. The van der Waals surface area contributed by atoms with Crippen LogP contribution in [0, 0.1) is 0 Å². The molecule has 0 aromatic heterocycles. The summed E-state index contributed by atoms with van der Waals surface area (Å²) in [6, 6.07) is 22.3. The van der Waals surface area contributed by atoms with Gasteiger partial charge in [-0.1, -0.05) is 60.7 Å². The molecule has 4 rings (SSSR count). The fourth-order valence-corrected chi connectivity index (χ4v) is 6.55. The number of carbonyl (C=O) groups is 1. The van der Waals surface area contributed by atoms with E-state index < -0.39 is 10.0 Å². The zero-order chi connectivity index (χ0) is 28.7. The van der Waals surface area contributed by atoms with E-state index in [0.29, 0.717) is 11.3 Å². The molecule has 1 heterocycles. The van der Waals surface area contributed by atoms with Gasteiger partial charge in [0.05, 0.1) is 31.6 Å². The Morgan fingerprint density at radius 3 is 2.05 bits per heavy atom. The molecule has 0 saturated carbocycles. The van der Waals surface area contributed by atoms with Crippen molar-refractivity contribution in [2.24, 2.45) is 0 Å². The van der Waals surface area contributed by atoms with Gasteiger partial charge in [0.15, 0.2) is 11.5 Å². The van der Waals surface area contributed by atoms with E-state index in [1.165, 1.54) is 31.6 Å². The number of nitrogens with zero attached hydrogens (tertiary/aromatic N) is 3. The Kier molecular flexibility index (Phi) is 11.6. The van der Waals surface area contributed by atoms with E-state index in [1.54, 1.807) is 18.0 Å². The molecule has 0 spiro atoms. The van der Waals surface area contributed by atoms with Crippen molar-refractivity contribution >= 4 is 28.3 Å². The normalized spacial score (nSPS) is 14.4. The lowest BCUT2D eigenvalue weighted by molar-refractivity contribution is -0.131. The molecule has 1 saturated heterocycles. The third-order valence-electron chi connectivity index (χ3n) is 7.52. The van der Waals surface area contributed by atoms with Crippen LogP contribution in [0.5, 0.6) is 11.5 Å². The second-order valence-electron chi connectivity index (χ2n) is 10.2. The first kappa shape index (κ1) is 32.4. The largest absolute Gasteiger partial charge is 0.493 e. The first-order valence-corrected chi connectivity index (χ1v) is 15.0. The predicted octanol–water partition coefficient (Wildman–Crippen LogP) is 4.78. The minimum atomic E-state index is -3.97. The molecule has 1 atom stereocenters. The molecular weight excluding hydrogens is 562 g/mol. The minimum absolute atomic E-state index is 0. The number of methoxy groups -OCH3 is 2. The van der Waals surface area contributed by atoms with E-state index in [2.05, 4.69) is 4.90 Å². The fraction of sp³-hybridized carbons (Fsp3) is 0.387. The minimum Gasteiger partial charge on any atom is -0.493 e. The zero-order valence-corrected chi connectivity index (χ0v) is 25.8. The summed E-state index contributed by atoms with van der Waals surface area (Å²) in [6.45, 7) is 2.94. The van der Waals surface area contributed by atoms with Crippen molar-refractivity contribution in [1.82, 2.24) is 14.1 Å². The van der Waals surface area contributed by atoms with Crippen LogP contribution in [0.1, 0.15) is 35.6 Å². The fourth-order valence-electron chi connectivity index (χ4n) is 5.17. The number of carbonyl (C=O) groups excluding carboxylic acids is 1. The van der Waals surface area contributed by atoms with Gasteiger partial charge in [0.25, 0.3) is 0 Å². The van der Waals surface area contributed by atoms with Gasteiger partial charge in [-0.3, -0.25) is 4.79 Å². The molecule has 1 aliphatic rings. The molecule has 1 amide bonds. The Labute approximate surface area is 250 Å². The number of sulfonamides is 1. The van der Waals surface area contributed by atoms with E-state index in [4.69, 9.17) is 9.47 Å². The summed E-state index contributed by atoms with van der Waals surface area (Å²) >= 11 is 0. The van der Waals surface area contributed by atoms with Crippen molar-refractivity contribution in [1.29, 1.82) is 0 Å². The first-order valence-electron chi connectivity index (χ1n) is 13.5. The number of hydrogen-bond donors (Lipinski definition) is 0. The Balaban J connectivity index is 0.00000462. The molecule has 3 aromatic rings. The number of rotatable bonds is 12. The highest BCUT2D eigenvalue weighted by Gasteiger charge is 2.30. The number of benzene rings is 3. The number of likely N-dealkylation sites (tertiary alicyclic amines) is 1. The molecule has 0 bridgehead atoms. The lowest BCUT2D eigenvalue weighted by atomic mass is 10.0. The third kappa shape index (κ3) is 7.80. The van der Waals surface area contributed by atoms with E-state index in [1.807, 2.05) is 60.7 Å². The van der Waals surface area contributed by atoms with Crippen molar-refractivity contribution in [3.8, 4) is 11.5 Å². The van der Waals surface area contributed by atoms with Gasteiger partial charge in [0.1, 0.15) is 0 Å². The van der Waals surface area contributed by atoms with Gasteiger partial charge in [-0.05, 0) is 48.7 Å². The second-order valence-corrected chi connectivity index (χ2v) is 12.2. The molecule has 1 unspecified atom stereocenters. The summed E-state index contributed by atoms with van der Waals surface area (Å²) in [5, 5.41) is 0. The van der Waals surface area contributed by atoms with Crippen LogP contribution in [-0.4, -0.2) is 76.4 Å². The average molecular weight is 602 g/mol. The highest BCUT2D eigenvalue weighted by Crippen LogP contribution is 2.35. The number of amides is 1. The molecule has 1 aliphatic heterocycles. The topological polar surface area (TPSA) is 79.4 Å². The Hall–Kier alpha value is -3.11. The van der Waals surface area contributed by atoms with E-state index in [-0.39, 0.29) is 48.0 Å². The summed E-state index contributed by atoms with van der Waals surface area (Å²) in [7, 11) is 2.32. The molecule has 3 aromatic carbocycles. The summed E-state index contributed by atoms with van der Waals surface area (Å²) < 4.78 is 39.9. The standard InChI is InChI=1S/C31H39N3O5S.ClH/c1-32(22-24-13-7-5-8-14-24)40(36,37)30-21-29(39-4)28(38-3)19-26(30)20-31(35)33(2)27(23-34-17-11-12-18-34)25-15-9-6-10-16-25;/h5-10,13-16,19,21,27H,11-12,17-18,20,22-23H2,1-4H3;1H. The molecule has 0 aliphatic carbocycles.